The summed E-state index contributed by atoms with van der Waals surface area (Å²) >= 11 is 7.57. The molecule has 0 radical (unpaired) electrons. The molecule has 0 saturated carbocycles. The molecular formula is C134H86N2S4. The van der Waals surface area contributed by atoms with E-state index in [0.29, 0.717) is 0 Å². The predicted octanol–water partition coefficient (Wildman–Crippen LogP) is 40.0. The van der Waals surface area contributed by atoms with E-state index in [1.54, 1.807) is 0 Å². The van der Waals surface area contributed by atoms with Crippen LogP contribution in [0, 0.1) is 0 Å². The van der Waals surface area contributed by atoms with E-state index < -0.39 is 0 Å². The molecule has 0 N–H and O–H groups in total. The molecule has 0 aliphatic rings. The zero-order valence-corrected chi connectivity index (χ0v) is 80.2. The van der Waals surface area contributed by atoms with E-state index in [4.69, 9.17) is 0 Å². The molecule has 6 heteroatoms. The van der Waals surface area contributed by atoms with Crippen LogP contribution in [-0.2, 0) is 5.41 Å². The lowest BCUT2D eigenvalue weighted by atomic mass is 9.81. The Morgan fingerprint density at radius 2 is 0.386 bits per heavy atom. The van der Waals surface area contributed by atoms with Gasteiger partial charge in [-0.05, 0) is 257 Å². The van der Waals surface area contributed by atoms with Gasteiger partial charge in [-0.2, -0.15) is 0 Å². The van der Waals surface area contributed by atoms with Crippen LogP contribution in [0.2, 0.25) is 0 Å². The first kappa shape index (κ1) is 81.9. The van der Waals surface area contributed by atoms with Crippen molar-refractivity contribution in [3.63, 3.8) is 0 Å². The van der Waals surface area contributed by atoms with Gasteiger partial charge < -0.3 is 9.13 Å². The quantitative estimate of drug-likeness (QED) is 0.114. The van der Waals surface area contributed by atoms with Crippen LogP contribution in [0.1, 0.15) is 26.3 Å². The largest absolute Gasteiger partial charge is 0.309 e. The lowest BCUT2D eigenvalue weighted by molar-refractivity contribution is 0.591. The molecule has 656 valence electrons. The molecule has 0 fully saturated rings. The lowest BCUT2D eigenvalue weighted by Gasteiger charge is -2.23. The fourth-order valence-corrected chi connectivity index (χ4v) is 27.8. The van der Waals surface area contributed by atoms with E-state index in [-0.39, 0.29) is 5.41 Å². The van der Waals surface area contributed by atoms with Crippen molar-refractivity contribution in [3.8, 4) is 112 Å². The van der Waals surface area contributed by atoms with Crippen LogP contribution < -0.4 is 0 Å². The molecule has 0 atom stereocenters. The van der Waals surface area contributed by atoms with Crippen molar-refractivity contribution < 1.29 is 0 Å². The smallest absolute Gasteiger partial charge is 0.0541 e. The monoisotopic (exact) mass is 1850 g/mol. The van der Waals surface area contributed by atoms with Gasteiger partial charge >= 0.3 is 0 Å². The number of thiophene rings is 4. The number of benzene rings is 23. The number of hydrogen-bond donors (Lipinski definition) is 0. The fourth-order valence-electron chi connectivity index (χ4n) is 22.8. The second-order valence-corrected chi connectivity index (χ2v) is 42.5. The Labute approximate surface area is 825 Å². The Hall–Kier alpha value is -16.4. The summed E-state index contributed by atoms with van der Waals surface area (Å²) in [7, 11) is 0. The highest BCUT2D eigenvalue weighted by Crippen LogP contribution is 2.53. The molecule has 0 unspecified atom stereocenters. The Balaban J connectivity index is 0.000000137. The average molecular weight is 1850 g/mol. The van der Waals surface area contributed by atoms with E-state index in [1.807, 2.05) is 45.3 Å². The molecule has 29 aromatic rings. The van der Waals surface area contributed by atoms with Crippen molar-refractivity contribution in [2.24, 2.45) is 0 Å². The Bertz CT molecular complexity index is 9760. The molecule has 0 spiro atoms. The van der Waals surface area contributed by atoms with Crippen molar-refractivity contribution in [3.05, 3.63) is 473 Å². The molecule has 6 heterocycles. The maximum absolute atomic E-state index is 2.48. The molecule has 0 bridgehead atoms. The number of rotatable bonds is 11. The highest BCUT2D eigenvalue weighted by molar-refractivity contribution is 7.27. The summed E-state index contributed by atoms with van der Waals surface area (Å²) in [5, 5.41) is 25.7. The van der Waals surface area contributed by atoms with Gasteiger partial charge in [0, 0.05) is 114 Å². The van der Waals surface area contributed by atoms with Crippen LogP contribution >= 0.6 is 45.3 Å². The maximum atomic E-state index is 2.48. The molecule has 0 aliphatic heterocycles. The maximum Gasteiger partial charge on any atom is 0.0541 e. The average Bonchev–Trinajstić information content (AvgIpc) is 1.61. The molecule has 29 rings (SSSR count). The first-order valence-corrected chi connectivity index (χ1v) is 51.5. The Morgan fingerprint density at radius 1 is 0.157 bits per heavy atom. The van der Waals surface area contributed by atoms with E-state index >= 15 is 0 Å². The van der Waals surface area contributed by atoms with Gasteiger partial charge in [-0.3, -0.25) is 0 Å². The molecule has 6 aromatic heterocycles. The molecular weight excluding hydrogens is 1770 g/mol. The fraction of sp³-hybridized carbons (Fsp3) is 0.0299. The second-order valence-electron chi connectivity index (χ2n) is 38.3. The normalized spacial score (nSPS) is 12.1. The third kappa shape index (κ3) is 13.2. The minimum Gasteiger partial charge on any atom is -0.309 e. The first-order chi connectivity index (χ1) is 69.1. The Kier molecular flexibility index (Phi) is 19.1. The summed E-state index contributed by atoms with van der Waals surface area (Å²) in [6, 6.07) is 174. The van der Waals surface area contributed by atoms with Gasteiger partial charge in [0.05, 0.1) is 22.1 Å². The molecule has 140 heavy (non-hydrogen) atoms. The minimum absolute atomic E-state index is 0.0112. The number of hydrogen-bond acceptors (Lipinski definition) is 4. The SMILES string of the molecule is CC(C)(C)c1ccc2c(-c3ccc(-n4c5ccc(-c6cccc7c6sc6ccccc67)cc5c5cc(-c6cccc7c6sc6ccccc67)ccc54)cc3)c3ccccc3c(-c3ccccc3)c2c1.c1ccc(-c2c3ccccc3c(-c3ccc(-c4ccc(-n5c6ccc(-c7cccc8c7sc7ccccc78)cc6c6cc(-c7cccc8c7sc7ccccc78)ccc65)cc4)cc3)c3ccccc23)cc1. The molecule has 23 aromatic carbocycles. The van der Waals surface area contributed by atoms with E-state index in [2.05, 4.69) is 497 Å². The van der Waals surface area contributed by atoms with Crippen molar-refractivity contribution >= 4 is 213 Å². The van der Waals surface area contributed by atoms with Crippen molar-refractivity contribution in [1.82, 2.24) is 9.13 Å². The van der Waals surface area contributed by atoms with E-state index in [1.165, 1.54) is 273 Å². The van der Waals surface area contributed by atoms with Crippen molar-refractivity contribution in [2.45, 2.75) is 26.2 Å². The molecule has 2 nitrogen and oxygen atoms in total. The van der Waals surface area contributed by atoms with Crippen molar-refractivity contribution in [1.29, 1.82) is 0 Å². The van der Waals surface area contributed by atoms with Gasteiger partial charge in [0.15, 0.2) is 0 Å². The summed E-state index contributed by atoms with van der Waals surface area (Å²) in [5.41, 5.74) is 30.9. The highest BCUT2D eigenvalue weighted by atomic mass is 32.1. The van der Waals surface area contributed by atoms with E-state index in [0.717, 1.165) is 11.4 Å². The van der Waals surface area contributed by atoms with Crippen LogP contribution in [0.3, 0.4) is 0 Å². The standard InChI is InChI=1S/C68H41NS2.C66H45NS2/c1-2-14-44(15-3-1)65-53-18-4-6-20-55(53)66(56-21-7-5-19-54(56)65)45-30-28-42(29-31-45)43-32-36-48(37-33-43)69-61-38-34-46(49-22-12-24-57-51-16-8-10-26-63(51)70-67(49)57)40-59(61)60-41-47(35-39-62(60)69)50-23-13-25-58-52-17-9-11-27-64(52)71-68(50)58;1-66(2,3)44-31-34-52-57(39-44)63(40-15-5-4-6-16-40)51-20-8-7-19-50(51)62(52)41-27-32-45(33-28-41)67-58-35-29-42(46-21-13-23-53-48-17-9-11-25-60(48)68-64(46)53)37-55(58)56-38-43(30-36-59(56)67)47-22-14-24-54-49-18-10-12-26-61(49)69-65(47)54/h1-41H;4-39H,1-3H3. The predicted molar refractivity (Wildman–Crippen MR) is 611 cm³/mol. The second kappa shape index (κ2) is 32.6. The van der Waals surface area contributed by atoms with Gasteiger partial charge in [-0.25, -0.2) is 0 Å². The Morgan fingerprint density at radius 3 is 0.686 bits per heavy atom. The first-order valence-electron chi connectivity index (χ1n) is 48.2. The number of aromatic nitrogens is 2. The minimum atomic E-state index is 0.0112. The molecule has 0 saturated heterocycles. The third-order valence-electron chi connectivity index (χ3n) is 29.4. The number of fused-ring (bicyclic) bond motifs is 22. The lowest BCUT2D eigenvalue weighted by Crippen LogP contribution is -2.10. The van der Waals surface area contributed by atoms with Gasteiger partial charge in [-0.1, -0.05) is 385 Å². The summed E-state index contributed by atoms with van der Waals surface area (Å²) in [6.45, 7) is 6.93. The van der Waals surface area contributed by atoms with Gasteiger partial charge in [0.25, 0.3) is 0 Å². The summed E-state index contributed by atoms with van der Waals surface area (Å²) < 4.78 is 15.6. The summed E-state index contributed by atoms with van der Waals surface area (Å²) in [6.07, 6.45) is 0. The van der Waals surface area contributed by atoms with Crippen molar-refractivity contribution in [2.75, 3.05) is 0 Å². The van der Waals surface area contributed by atoms with Gasteiger partial charge in [0.1, 0.15) is 0 Å². The van der Waals surface area contributed by atoms with Crippen LogP contribution in [0.25, 0.3) is 279 Å². The van der Waals surface area contributed by atoms with Crippen LogP contribution in [0.5, 0.6) is 0 Å². The molecule has 0 amide bonds. The molecule has 0 aliphatic carbocycles. The zero-order chi connectivity index (χ0) is 92.5. The van der Waals surface area contributed by atoms with Gasteiger partial charge in [-0.15, -0.1) is 45.3 Å². The zero-order valence-electron chi connectivity index (χ0n) is 77.0. The number of nitrogens with zero attached hydrogens (tertiary/aromatic N) is 2. The van der Waals surface area contributed by atoms with Crippen LogP contribution in [-0.4, -0.2) is 9.13 Å². The van der Waals surface area contributed by atoms with Crippen LogP contribution in [0.15, 0.2) is 467 Å². The summed E-state index contributed by atoms with van der Waals surface area (Å²) in [4.78, 5) is 0. The van der Waals surface area contributed by atoms with Crippen LogP contribution in [0.4, 0.5) is 0 Å². The van der Waals surface area contributed by atoms with Gasteiger partial charge in [0.2, 0.25) is 0 Å². The van der Waals surface area contributed by atoms with E-state index in [9.17, 15) is 0 Å². The third-order valence-corrected chi connectivity index (χ3v) is 34.3. The topological polar surface area (TPSA) is 9.86 Å². The highest BCUT2D eigenvalue weighted by Gasteiger charge is 2.27. The summed E-state index contributed by atoms with van der Waals surface area (Å²) in [5.74, 6) is 0.